The minimum absolute atomic E-state index is 0.0587. The van der Waals surface area contributed by atoms with Gasteiger partial charge in [-0.3, -0.25) is 9.59 Å². The van der Waals surface area contributed by atoms with E-state index < -0.39 is 0 Å². The summed E-state index contributed by atoms with van der Waals surface area (Å²) in [6.07, 6.45) is 0. The van der Waals surface area contributed by atoms with Gasteiger partial charge in [-0.15, -0.1) is 0 Å². The van der Waals surface area contributed by atoms with Crippen LogP contribution in [0.5, 0.6) is 0 Å². The van der Waals surface area contributed by atoms with Gasteiger partial charge in [0.2, 0.25) is 5.91 Å². The Morgan fingerprint density at radius 3 is 2.50 bits per heavy atom. The zero-order valence-corrected chi connectivity index (χ0v) is 14.7. The minimum atomic E-state index is -0.114. The van der Waals surface area contributed by atoms with Gasteiger partial charge in [0.15, 0.2) is 0 Å². The van der Waals surface area contributed by atoms with Gasteiger partial charge in [-0.2, -0.15) is 0 Å². The molecule has 0 atom stereocenters. The second-order valence-electron chi connectivity index (χ2n) is 5.61. The number of fused-ring (bicyclic) bond motifs is 1. The number of carbonyl (C=O) groups is 2. The monoisotopic (exact) mass is 369 g/mol. The summed E-state index contributed by atoms with van der Waals surface area (Å²) in [5.74, 6) is -0.172. The molecule has 1 aliphatic heterocycles. The summed E-state index contributed by atoms with van der Waals surface area (Å²) in [4.78, 5) is 31.0. The van der Waals surface area contributed by atoms with Gasteiger partial charge >= 0.3 is 0 Å². The molecule has 2 aromatic rings. The maximum absolute atomic E-state index is 12.7. The molecule has 0 saturated carbocycles. The molecule has 6 nitrogen and oxygen atoms in total. The molecule has 0 aliphatic carbocycles. The number of piperazine rings is 1. The lowest BCUT2D eigenvalue weighted by Gasteiger charge is -2.34. The van der Waals surface area contributed by atoms with Crippen LogP contribution in [0.2, 0.25) is 10.0 Å². The van der Waals surface area contributed by atoms with Crippen molar-refractivity contribution in [3.8, 4) is 0 Å². The molecule has 1 saturated heterocycles. The Labute approximate surface area is 149 Å². The fourth-order valence-electron chi connectivity index (χ4n) is 2.80. The number of carbonyl (C=O) groups excluding carboxylic acids is 2. The van der Waals surface area contributed by atoms with Crippen LogP contribution in [0.1, 0.15) is 10.5 Å². The highest BCUT2D eigenvalue weighted by Crippen LogP contribution is 2.31. The number of hydrogen-bond acceptors (Lipinski definition) is 3. The van der Waals surface area contributed by atoms with Crippen LogP contribution in [0.15, 0.2) is 18.2 Å². The van der Waals surface area contributed by atoms with Gasteiger partial charge < -0.3 is 19.5 Å². The molecule has 1 fully saturated rings. The highest BCUT2D eigenvalue weighted by molar-refractivity contribution is 6.45. The van der Waals surface area contributed by atoms with Gasteiger partial charge in [0, 0.05) is 44.2 Å². The molecule has 8 heteroatoms. The predicted molar refractivity (Wildman–Crippen MR) is 92.7 cm³/mol. The van der Waals surface area contributed by atoms with Crippen molar-refractivity contribution in [2.24, 2.45) is 0 Å². The highest BCUT2D eigenvalue weighted by Gasteiger charge is 2.25. The van der Waals surface area contributed by atoms with Crippen LogP contribution in [-0.2, 0) is 9.53 Å². The Hall–Kier alpha value is -1.76. The Kier molecular flexibility index (Phi) is 4.99. The number of H-pyrrole nitrogens is 1. The van der Waals surface area contributed by atoms with Crippen LogP contribution in [-0.4, -0.2) is 66.5 Å². The summed E-state index contributed by atoms with van der Waals surface area (Å²) in [7, 11) is 1.49. The third-order valence-corrected chi connectivity index (χ3v) is 4.93. The molecule has 128 valence electrons. The van der Waals surface area contributed by atoms with E-state index in [0.29, 0.717) is 41.9 Å². The second kappa shape index (κ2) is 7.01. The van der Waals surface area contributed by atoms with Crippen LogP contribution < -0.4 is 0 Å². The molecule has 0 spiro atoms. The van der Waals surface area contributed by atoms with E-state index in [-0.39, 0.29) is 18.4 Å². The summed E-state index contributed by atoms with van der Waals surface area (Å²) in [6.45, 7) is 2.03. The van der Waals surface area contributed by atoms with Gasteiger partial charge in [0.05, 0.1) is 10.0 Å². The topological polar surface area (TPSA) is 65.6 Å². The van der Waals surface area contributed by atoms with Gasteiger partial charge in [0.1, 0.15) is 12.3 Å². The first-order chi connectivity index (χ1) is 11.5. The van der Waals surface area contributed by atoms with Gasteiger partial charge in [-0.1, -0.05) is 23.2 Å². The number of methoxy groups -OCH3 is 1. The lowest BCUT2D eigenvalue weighted by Crippen LogP contribution is -2.51. The summed E-state index contributed by atoms with van der Waals surface area (Å²) in [5, 5.41) is 1.60. The van der Waals surface area contributed by atoms with Crippen molar-refractivity contribution in [1.29, 1.82) is 0 Å². The lowest BCUT2D eigenvalue weighted by molar-refractivity contribution is -0.136. The van der Waals surface area contributed by atoms with Crippen LogP contribution in [0, 0.1) is 0 Å². The van der Waals surface area contributed by atoms with E-state index in [1.807, 2.05) is 0 Å². The van der Waals surface area contributed by atoms with Crippen LogP contribution >= 0.6 is 23.2 Å². The fourth-order valence-corrected chi connectivity index (χ4v) is 3.19. The van der Waals surface area contributed by atoms with Crippen LogP contribution in [0.4, 0.5) is 0 Å². The van der Waals surface area contributed by atoms with E-state index in [2.05, 4.69) is 4.98 Å². The molecular formula is C16H17Cl2N3O3. The molecule has 1 N–H and O–H groups in total. The smallest absolute Gasteiger partial charge is 0.270 e. The Morgan fingerprint density at radius 2 is 1.83 bits per heavy atom. The molecule has 2 heterocycles. The van der Waals surface area contributed by atoms with Crippen LogP contribution in [0.3, 0.4) is 0 Å². The van der Waals surface area contributed by atoms with Crippen molar-refractivity contribution >= 4 is 45.9 Å². The second-order valence-corrected chi connectivity index (χ2v) is 6.40. The van der Waals surface area contributed by atoms with Crippen molar-refractivity contribution in [3.63, 3.8) is 0 Å². The molecule has 2 amide bonds. The summed E-state index contributed by atoms with van der Waals surface area (Å²) in [5.41, 5.74) is 1.23. The number of nitrogens with one attached hydrogen (secondary N) is 1. The van der Waals surface area contributed by atoms with E-state index >= 15 is 0 Å². The molecule has 24 heavy (non-hydrogen) atoms. The fraction of sp³-hybridized carbons (Fsp3) is 0.375. The van der Waals surface area contributed by atoms with E-state index in [9.17, 15) is 9.59 Å². The molecule has 1 aromatic carbocycles. The third kappa shape index (κ3) is 3.22. The quantitative estimate of drug-likeness (QED) is 0.903. The Bertz CT molecular complexity index is 782. The summed E-state index contributed by atoms with van der Waals surface area (Å²) in [6, 6.07) is 5.20. The minimum Gasteiger partial charge on any atom is -0.375 e. The molecule has 0 bridgehead atoms. The number of amides is 2. The number of benzene rings is 1. The van der Waals surface area contributed by atoms with Gasteiger partial charge in [0.25, 0.3) is 5.91 Å². The van der Waals surface area contributed by atoms with E-state index in [1.54, 1.807) is 28.0 Å². The average Bonchev–Trinajstić information content (AvgIpc) is 3.03. The predicted octanol–water partition coefficient (Wildman–Crippen LogP) is 2.41. The summed E-state index contributed by atoms with van der Waals surface area (Å²) < 4.78 is 4.85. The number of halogens is 2. The van der Waals surface area contributed by atoms with E-state index in [4.69, 9.17) is 27.9 Å². The molecule has 0 unspecified atom stereocenters. The van der Waals surface area contributed by atoms with Crippen molar-refractivity contribution in [3.05, 3.63) is 33.9 Å². The number of aromatic amines is 1. The van der Waals surface area contributed by atoms with E-state index in [0.717, 1.165) is 10.9 Å². The summed E-state index contributed by atoms with van der Waals surface area (Å²) >= 11 is 12.2. The number of nitrogens with zero attached hydrogens (tertiary/aromatic N) is 2. The SMILES string of the molecule is COCC(=O)N1CCN(C(=O)c2cc3c(Cl)c(Cl)ccc3[nH]2)CC1. The number of rotatable bonds is 3. The largest absolute Gasteiger partial charge is 0.375 e. The Balaban J connectivity index is 1.72. The Morgan fingerprint density at radius 1 is 1.17 bits per heavy atom. The van der Waals surface area contributed by atoms with E-state index in [1.165, 1.54) is 7.11 Å². The standard InChI is InChI=1S/C16H17Cl2N3O3/c1-24-9-14(22)20-4-6-21(7-5-20)16(23)13-8-10-12(19-13)3-2-11(17)15(10)18/h2-3,8,19H,4-7,9H2,1H3. The molecule has 1 aromatic heterocycles. The zero-order chi connectivity index (χ0) is 17.3. The van der Waals surface area contributed by atoms with Crippen molar-refractivity contribution < 1.29 is 14.3 Å². The molecular weight excluding hydrogens is 353 g/mol. The van der Waals surface area contributed by atoms with Crippen molar-refractivity contribution in [2.75, 3.05) is 39.9 Å². The average molecular weight is 370 g/mol. The van der Waals surface area contributed by atoms with Gasteiger partial charge in [-0.05, 0) is 18.2 Å². The van der Waals surface area contributed by atoms with Crippen molar-refractivity contribution in [2.45, 2.75) is 0 Å². The number of hydrogen-bond donors (Lipinski definition) is 1. The van der Waals surface area contributed by atoms with Crippen molar-refractivity contribution in [1.82, 2.24) is 14.8 Å². The first kappa shape index (κ1) is 17.1. The molecule has 0 radical (unpaired) electrons. The zero-order valence-electron chi connectivity index (χ0n) is 13.1. The maximum atomic E-state index is 12.7. The number of ether oxygens (including phenoxy) is 1. The first-order valence-electron chi connectivity index (χ1n) is 7.54. The lowest BCUT2D eigenvalue weighted by atomic mass is 10.2. The van der Waals surface area contributed by atoms with Gasteiger partial charge in [-0.25, -0.2) is 0 Å². The maximum Gasteiger partial charge on any atom is 0.270 e. The highest BCUT2D eigenvalue weighted by atomic mass is 35.5. The molecule has 1 aliphatic rings. The normalized spacial score (nSPS) is 15.1. The first-order valence-corrected chi connectivity index (χ1v) is 8.29. The molecule has 3 rings (SSSR count). The number of aromatic nitrogens is 1. The van der Waals surface area contributed by atoms with Crippen LogP contribution in [0.25, 0.3) is 10.9 Å². The third-order valence-electron chi connectivity index (χ3n) is 4.11.